The average Bonchev–Trinajstić information content (AvgIpc) is 2.71. The van der Waals surface area contributed by atoms with Gasteiger partial charge in [-0.05, 0) is 49.3 Å². The normalized spacial score (nSPS) is 22.7. The summed E-state index contributed by atoms with van der Waals surface area (Å²) in [6, 6.07) is 6.99. The van der Waals surface area contributed by atoms with E-state index in [0.29, 0.717) is 23.9 Å². The molecule has 2 unspecified atom stereocenters. The van der Waals surface area contributed by atoms with E-state index < -0.39 is 10.0 Å². The first-order valence-corrected chi connectivity index (χ1v) is 9.25. The van der Waals surface area contributed by atoms with Gasteiger partial charge in [0, 0.05) is 19.1 Å². The summed E-state index contributed by atoms with van der Waals surface area (Å²) in [4.78, 5) is 0.374. The molecule has 1 heterocycles. The zero-order valence-electron chi connectivity index (χ0n) is 13.0. The third kappa shape index (κ3) is 3.84. The van der Waals surface area contributed by atoms with Crippen molar-refractivity contribution < 1.29 is 8.42 Å². The van der Waals surface area contributed by atoms with Crippen LogP contribution < -0.4 is 5.73 Å². The molecule has 0 spiro atoms. The zero-order valence-corrected chi connectivity index (χ0v) is 13.8. The number of nitrogens with zero attached hydrogens (tertiary/aromatic N) is 1. The fraction of sp³-hybridized carbons (Fsp3) is 0.625. The minimum Gasteiger partial charge on any atom is -0.324 e. The molecule has 0 aliphatic carbocycles. The Morgan fingerprint density at radius 3 is 2.81 bits per heavy atom. The Hall–Kier alpha value is -0.910. The fourth-order valence-corrected chi connectivity index (χ4v) is 4.32. The Morgan fingerprint density at radius 2 is 2.10 bits per heavy atom. The molecule has 2 atom stereocenters. The summed E-state index contributed by atoms with van der Waals surface area (Å²) in [5, 5.41) is 0. The third-order valence-corrected chi connectivity index (χ3v) is 6.23. The van der Waals surface area contributed by atoms with Gasteiger partial charge in [0.15, 0.2) is 0 Å². The molecule has 1 aromatic rings. The van der Waals surface area contributed by atoms with Crippen LogP contribution in [0.4, 0.5) is 0 Å². The van der Waals surface area contributed by atoms with Crippen molar-refractivity contribution in [1.29, 1.82) is 0 Å². The number of hydrogen-bond acceptors (Lipinski definition) is 3. The van der Waals surface area contributed by atoms with Crippen LogP contribution in [0, 0.1) is 5.92 Å². The van der Waals surface area contributed by atoms with Gasteiger partial charge >= 0.3 is 0 Å². The molecule has 4 nitrogen and oxygen atoms in total. The number of nitrogens with two attached hydrogens (primary N) is 1. The fourth-order valence-electron chi connectivity index (χ4n) is 2.77. The monoisotopic (exact) mass is 310 g/mol. The van der Waals surface area contributed by atoms with Crippen LogP contribution in [0.2, 0.25) is 0 Å². The quantitative estimate of drug-likeness (QED) is 0.930. The molecule has 2 rings (SSSR count). The smallest absolute Gasteiger partial charge is 0.243 e. The molecule has 0 amide bonds. The van der Waals surface area contributed by atoms with E-state index in [1.807, 2.05) is 13.0 Å². The molecule has 5 heteroatoms. The summed E-state index contributed by atoms with van der Waals surface area (Å²) in [6.45, 7) is 5.43. The summed E-state index contributed by atoms with van der Waals surface area (Å²) < 4.78 is 27.2. The summed E-state index contributed by atoms with van der Waals surface area (Å²) in [6.07, 6.45) is 3.78. The first-order valence-electron chi connectivity index (χ1n) is 7.81. The van der Waals surface area contributed by atoms with E-state index in [2.05, 4.69) is 6.92 Å². The number of sulfonamides is 1. The van der Waals surface area contributed by atoms with E-state index >= 15 is 0 Å². The van der Waals surface area contributed by atoms with Gasteiger partial charge in [-0.25, -0.2) is 8.42 Å². The van der Waals surface area contributed by atoms with Gasteiger partial charge in [-0.15, -0.1) is 0 Å². The Labute approximate surface area is 128 Å². The molecule has 1 aliphatic rings. The van der Waals surface area contributed by atoms with Crippen LogP contribution in [0.3, 0.4) is 0 Å². The minimum absolute atomic E-state index is 0.107. The van der Waals surface area contributed by atoms with Gasteiger partial charge < -0.3 is 5.73 Å². The highest BCUT2D eigenvalue weighted by Gasteiger charge is 2.26. The van der Waals surface area contributed by atoms with E-state index in [-0.39, 0.29) is 6.04 Å². The molecule has 2 N–H and O–H groups in total. The summed E-state index contributed by atoms with van der Waals surface area (Å²) in [7, 11) is -3.40. The predicted octanol–water partition coefficient (Wildman–Crippen LogP) is 2.91. The molecule has 1 saturated heterocycles. The Bertz CT molecular complexity index is 571. The van der Waals surface area contributed by atoms with Crippen molar-refractivity contribution in [3.63, 3.8) is 0 Å². The maximum Gasteiger partial charge on any atom is 0.243 e. The Morgan fingerprint density at radius 1 is 1.33 bits per heavy atom. The van der Waals surface area contributed by atoms with E-state index in [9.17, 15) is 8.42 Å². The number of rotatable bonds is 4. The van der Waals surface area contributed by atoms with Crippen molar-refractivity contribution in [2.75, 3.05) is 13.1 Å². The van der Waals surface area contributed by atoms with Crippen LogP contribution in [0.25, 0.3) is 0 Å². The van der Waals surface area contributed by atoms with Crippen molar-refractivity contribution in [3.8, 4) is 0 Å². The standard InChI is InChI=1S/C16H26N2O2S/c1-3-16(17)14-7-4-8-15(12-14)21(19,20)18-10-5-6-13(2)9-11-18/h4,7-8,12-13,16H,3,5-6,9-11,17H2,1-2H3. The molecule has 118 valence electrons. The lowest BCUT2D eigenvalue weighted by Gasteiger charge is -2.21. The first-order chi connectivity index (χ1) is 9.95. The van der Waals surface area contributed by atoms with Gasteiger partial charge in [-0.3, -0.25) is 0 Å². The molecule has 1 fully saturated rings. The lowest BCUT2D eigenvalue weighted by Crippen LogP contribution is -2.32. The minimum atomic E-state index is -3.40. The SMILES string of the molecule is CCC(N)c1cccc(S(=O)(=O)N2CCCC(C)CC2)c1. The molecule has 0 bridgehead atoms. The second kappa shape index (κ2) is 6.90. The van der Waals surface area contributed by atoms with Crippen molar-refractivity contribution in [2.24, 2.45) is 11.7 Å². The Kier molecular flexibility index (Phi) is 5.41. The highest BCUT2D eigenvalue weighted by molar-refractivity contribution is 7.89. The van der Waals surface area contributed by atoms with Gasteiger partial charge in [0.05, 0.1) is 4.90 Å². The van der Waals surface area contributed by atoms with Crippen LogP contribution in [0.15, 0.2) is 29.2 Å². The molecule has 1 aromatic carbocycles. The van der Waals surface area contributed by atoms with Crippen LogP contribution in [-0.4, -0.2) is 25.8 Å². The van der Waals surface area contributed by atoms with Crippen molar-refractivity contribution >= 4 is 10.0 Å². The summed E-state index contributed by atoms with van der Waals surface area (Å²) >= 11 is 0. The van der Waals surface area contributed by atoms with Gasteiger partial charge in [0.25, 0.3) is 0 Å². The first kappa shape index (κ1) is 16.5. The van der Waals surface area contributed by atoms with E-state index in [1.165, 1.54) is 0 Å². The number of benzene rings is 1. The van der Waals surface area contributed by atoms with Crippen molar-refractivity contribution in [3.05, 3.63) is 29.8 Å². The van der Waals surface area contributed by atoms with Gasteiger partial charge in [0.1, 0.15) is 0 Å². The highest BCUT2D eigenvalue weighted by Crippen LogP contribution is 2.25. The maximum absolute atomic E-state index is 12.8. The molecular weight excluding hydrogens is 284 g/mol. The van der Waals surface area contributed by atoms with Crippen molar-refractivity contribution in [2.45, 2.75) is 50.5 Å². The highest BCUT2D eigenvalue weighted by atomic mass is 32.2. The van der Waals surface area contributed by atoms with E-state index in [1.54, 1.807) is 22.5 Å². The lowest BCUT2D eigenvalue weighted by molar-refractivity contribution is 0.416. The largest absolute Gasteiger partial charge is 0.324 e. The number of hydrogen-bond donors (Lipinski definition) is 1. The maximum atomic E-state index is 12.8. The topological polar surface area (TPSA) is 63.4 Å². The lowest BCUT2D eigenvalue weighted by atomic mass is 10.0. The van der Waals surface area contributed by atoms with Gasteiger partial charge in [-0.2, -0.15) is 4.31 Å². The summed E-state index contributed by atoms with van der Waals surface area (Å²) in [5.74, 6) is 0.602. The zero-order chi connectivity index (χ0) is 15.5. The van der Waals surface area contributed by atoms with E-state index in [0.717, 1.165) is 31.2 Å². The molecule has 21 heavy (non-hydrogen) atoms. The Balaban J connectivity index is 2.26. The van der Waals surface area contributed by atoms with Crippen LogP contribution >= 0.6 is 0 Å². The molecular formula is C16H26N2O2S. The van der Waals surface area contributed by atoms with Crippen LogP contribution in [0.5, 0.6) is 0 Å². The van der Waals surface area contributed by atoms with Crippen LogP contribution in [0.1, 0.15) is 51.1 Å². The van der Waals surface area contributed by atoms with Crippen molar-refractivity contribution in [1.82, 2.24) is 4.31 Å². The average molecular weight is 310 g/mol. The van der Waals surface area contributed by atoms with Gasteiger partial charge in [0.2, 0.25) is 10.0 Å². The molecule has 0 aromatic heterocycles. The van der Waals surface area contributed by atoms with Crippen LogP contribution in [-0.2, 0) is 10.0 Å². The van der Waals surface area contributed by atoms with Gasteiger partial charge in [-0.1, -0.05) is 26.0 Å². The van der Waals surface area contributed by atoms with E-state index in [4.69, 9.17) is 5.73 Å². The second-order valence-electron chi connectivity index (χ2n) is 6.03. The second-order valence-corrected chi connectivity index (χ2v) is 7.97. The summed E-state index contributed by atoms with van der Waals surface area (Å²) in [5.41, 5.74) is 6.91. The molecule has 1 aliphatic heterocycles. The third-order valence-electron chi connectivity index (χ3n) is 4.34. The molecule has 0 radical (unpaired) electrons. The predicted molar refractivity (Wildman–Crippen MR) is 85.4 cm³/mol. The molecule has 0 saturated carbocycles.